The van der Waals surface area contributed by atoms with Crippen molar-refractivity contribution in [3.63, 3.8) is 0 Å². The Morgan fingerprint density at radius 3 is 2.59 bits per heavy atom. The van der Waals surface area contributed by atoms with E-state index < -0.39 is 0 Å². The van der Waals surface area contributed by atoms with Crippen LogP contribution in [0.2, 0.25) is 0 Å². The topological polar surface area (TPSA) is 96.7 Å². The fourth-order valence-corrected chi connectivity index (χ4v) is 1.97. The summed E-state index contributed by atoms with van der Waals surface area (Å²) >= 11 is 0. The SMILES string of the molecule is COc1cccc(C(CNC(=O)CNC(=O)CN)N(C)C)c1. The van der Waals surface area contributed by atoms with Gasteiger partial charge in [-0.2, -0.15) is 0 Å². The van der Waals surface area contributed by atoms with Crippen molar-refractivity contribution in [3.05, 3.63) is 29.8 Å². The summed E-state index contributed by atoms with van der Waals surface area (Å²) in [6, 6.07) is 7.71. The lowest BCUT2D eigenvalue weighted by Crippen LogP contribution is -2.42. The van der Waals surface area contributed by atoms with E-state index in [1.165, 1.54) is 0 Å². The minimum Gasteiger partial charge on any atom is -0.497 e. The summed E-state index contributed by atoms with van der Waals surface area (Å²) < 4.78 is 5.22. The monoisotopic (exact) mass is 308 g/mol. The smallest absolute Gasteiger partial charge is 0.239 e. The minimum absolute atomic E-state index is 0.00394. The molecule has 1 rings (SSSR count). The van der Waals surface area contributed by atoms with Crippen LogP contribution in [-0.4, -0.2) is 57.6 Å². The Balaban J connectivity index is 2.61. The van der Waals surface area contributed by atoms with Gasteiger partial charge < -0.3 is 26.0 Å². The molecule has 0 heterocycles. The van der Waals surface area contributed by atoms with E-state index in [1.807, 2.05) is 43.3 Å². The van der Waals surface area contributed by atoms with Crippen LogP contribution in [0.3, 0.4) is 0 Å². The van der Waals surface area contributed by atoms with Crippen molar-refractivity contribution in [1.29, 1.82) is 0 Å². The minimum atomic E-state index is -0.355. The molecule has 0 saturated carbocycles. The molecule has 7 heteroatoms. The highest BCUT2D eigenvalue weighted by molar-refractivity contribution is 5.85. The van der Waals surface area contributed by atoms with E-state index in [0.29, 0.717) is 6.54 Å². The molecule has 1 aromatic rings. The van der Waals surface area contributed by atoms with Crippen molar-refractivity contribution < 1.29 is 14.3 Å². The Bertz CT molecular complexity index is 505. The zero-order valence-corrected chi connectivity index (χ0v) is 13.3. The van der Waals surface area contributed by atoms with E-state index in [4.69, 9.17) is 10.5 Å². The number of amides is 2. The second-order valence-corrected chi connectivity index (χ2v) is 5.04. The molecule has 0 aliphatic carbocycles. The highest BCUT2D eigenvalue weighted by atomic mass is 16.5. The van der Waals surface area contributed by atoms with Gasteiger partial charge in [0.2, 0.25) is 11.8 Å². The van der Waals surface area contributed by atoms with E-state index in [1.54, 1.807) is 7.11 Å². The van der Waals surface area contributed by atoms with Crippen molar-refractivity contribution in [3.8, 4) is 5.75 Å². The van der Waals surface area contributed by atoms with Crippen LogP contribution in [0.4, 0.5) is 0 Å². The van der Waals surface area contributed by atoms with Gasteiger partial charge in [-0.3, -0.25) is 9.59 Å². The van der Waals surface area contributed by atoms with Crippen molar-refractivity contribution in [2.24, 2.45) is 5.73 Å². The van der Waals surface area contributed by atoms with E-state index in [9.17, 15) is 9.59 Å². The molecule has 0 bridgehead atoms. The predicted octanol–water partition coefficient (Wildman–Crippen LogP) is -0.511. The number of hydrogen-bond donors (Lipinski definition) is 3. The molecule has 0 saturated heterocycles. The van der Waals surface area contributed by atoms with Gasteiger partial charge in [-0.1, -0.05) is 12.1 Å². The molecule has 0 aliphatic rings. The second kappa shape index (κ2) is 9.01. The fraction of sp³-hybridized carbons (Fsp3) is 0.467. The molecule has 0 radical (unpaired) electrons. The van der Waals surface area contributed by atoms with Gasteiger partial charge in [0, 0.05) is 6.54 Å². The van der Waals surface area contributed by atoms with Gasteiger partial charge >= 0.3 is 0 Å². The van der Waals surface area contributed by atoms with Crippen LogP contribution in [0, 0.1) is 0 Å². The van der Waals surface area contributed by atoms with Crippen molar-refractivity contribution >= 4 is 11.8 Å². The van der Waals surface area contributed by atoms with Crippen molar-refractivity contribution in [2.45, 2.75) is 6.04 Å². The molecular weight excluding hydrogens is 284 g/mol. The molecule has 1 aromatic carbocycles. The third kappa shape index (κ3) is 5.71. The van der Waals surface area contributed by atoms with Crippen molar-refractivity contribution in [1.82, 2.24) is 15.5 Å². The number of nitrogens with one attached hydrogen (secondary N) is 2. The summed E-state index contributed by atoms with van der Waals surface area (Å²) in [7, 11) is 5.49. The van der Waals surface area contributed by atoms with Crippen LogP contribution in [0.1, 0.15) is 11.6 Å². The van der Waals surface area contributed by atoms with Crippen LogP contribution in [0.25, 0.3) is 0 Å². The Morgan fingerprint density at radius 2 is 2.00 bits per heavy atom. The Kier molecular flexibility index (Phi) is 7.34. The third-order valence-corrected chi connectivity index (χ3v) is 3.23. The molecule has 1 atom stereocenters. The first-order valence-corrected chi connectivity index (χ1v) is 7.01. The maximum atomic E-state index is 11.7. The van der Waals surface area contributed by atoms with E-state index >= 15 is 0 Å². The summed E-state index contributed by atoms with van der Waals surface area (Å²) in [5.74, 6) is 0.162. The van der Waals surface area contributed by atoms with Gasteiger partial charge in [-0.25, -0.2) is 0 Å². The van der Waals surface area contributed by atoms with Crippen LogP contribution in [-0.2, 0) is 9.59 Å². The third-order valence-electron chi connectivity index (χ3n) is 3.23. The summed E-state index contributed by atoms with van der Waals surface area (Å²) in [6.45, 7) is 0.225. The Labute approximate surface area is 130 Å². The molecule has 22 heavy (non-hydrogen) atoms. The van der Waals surface area contributed by atoms with Crippen molar-refractivity contribution in [2.75, 3.05) is 40.8 Å². The summed E-state index contributed by atoms with van der Waals surface area (Å²) in [6.07, 6.45) is 0. The molecule has 122 valence electrons. The first-order chi connectivity index (χ1) is 10.5. The van der Waals surface area contributed by atoms with Gasteiger partial charge in [0.05, 0.1) is 26.2 Å². The fourth-order valence-electron chi connectivity index (χ4n) is 1.97. The highest BCUT2D eigenvalue weighted by Gasteiger charge is 2.16. The van der Waals surface area contributed by atoms with Gasteiger partial charge in [-0.05, 0) is 31.8 Å². The zero-order valence-electron chi connectivity index (χ0n) is 13.3. The number of carbonyl (C=O) groups excluding carboxylic acids is 2. The standard InChI is InChI=1S/C15H24N4O3/c1-19(2)13(11-5-4-6-12(7-11)22-3)9-17-15(21)10-18-14(20)8-16/h4-7,13H,8-10,16H2,1-3H3,(H,17,21)(H,18,20). The average Bonchev–Trinajstić information content (AvgIpc) is 2.52. The number of ether oxygens (including phenoxy) is 1. The van der Waals surface area contributed by atoms with E-state index in [-0.39, 0.29) is 30.9 Å². The largest absolute Gasteiger partial charge is 0.497 e. The maximum absolute atomic E-state index is 11.7. The number of benzene rings is 1. The number of likely N-dealkylation sites (N-methyl/N-ethyl adjacent to an activating group) is 1. The lowest BCUT2D eigenvalue weighted by atomic mass is 10.1. The first kappa shape index (κ1) is 17.9. The average molecular weight is 308 g/mol. The molecule has 0 spiro atoms. The molecular formula is C15H24N4O3. The first-order valence-electron chi connectivity index (χ1n) is 7.01. The maximum Gasteiger partial charge on any atom is 0.239 e. The van der Waals surface area contributed by atoms with Crippen LogP contribution < -0.4 is 21.1 Å². The number of rotatable bonds is 8. The predicted molar refractivity (Wildman–Crippen MR) is 84.5 cm³/mol. The molecule has 1 unspecified atom stereocenters. The number of nitrogens with two attached hydrogens (primary N) is 1. The molecule has 2 amide bonds. The molecule has 0 fully saturated rings. The summed E-state index contributed by atoms with van der Waals surface area (Å²) in [4.78, 5) is 24.8. The van der Waals surface area contributed by atoms with Gasteiger partial charge in [0.25, 0.3) is 0 Å². The van der Waals surface area contributed by atoms with Crippen LogP contribution in [0.15, 0.2) is 24.3 Å². The van der Waals surface area contributed by atoms with Crippen LogP contribution >= 0.6 is 0 Å². The summed E-state index contributed by atoms with van der Waals surface area (Å²) in [5.41, 5.74) is 6.20. The quantitative estimate of drug-likeness (QED) is 0.601. The van der Waals surface area contributed by atoms with Gasteiger partial charge in [-0.15, -0.1) is 0 Å². The number of carbonyl (C=O) groups is 2. The molecule has 4 N–H and O–H groups in total. The Hall–Kier alpha value is -2.12. The second-order valence-electron chi connectivity index (χ2n) is 5.04. The van der Waals surface area contributed by atoms with E-state index in [2.05, 4.69) is 10.6 Å². The van der Waals surface area contributed by atoms with Crippen LogP contribution in [0.5, 0.6) is 5.75 Å². The molecule has 7 nitrogen and oxygen atoms in total. The lowest BCUT2D eigenvalue weighted by molar-refractivity contribution is -0.125. The number of nitrogens with zero attached hydrogens (tertiary/aromatic N) is 1. The lowest BCUT2D eigenvalue weighted by Gasteiger charge is -2.25. The molecule has 0 aromatic heterocycles. The zero-order chi connectivity index (χ0) is 16.5. The van der Waals surface area contributed by atoms with Gasteiger partial charge in [0.1, 0.15) is 5.75 Å². The Morgan fingerprint density at radius 1 is 1.27 bits per heavy atom. The summed E-state index contributed by atoms with van der Waals surface area (Å²) in [5, 5.41) is 5.24. The normalized spacial score (nSPS) is 11.9. The number of methoxy groups -OCH3 is 1. The van der Waals surface area contributed by atoms with E-state index in [0.717, 1.165) is 11.3 Å². The number of hydrogen-bond acceptors (Lipinski definition) is 5. The highest BCUT2D eigenvalue weighted by Crippen LogP contribution is 2.21. The molecule has 0 aliphatic heterocycles. The van der Waals surface area contributed by atoms with Gasteiger partial charge in [0.15, 0.2) is 0 Å².